The summed E-state index contributed by atoms with van der Waals surface area (Å²) in [6.07, 6.45) is 0. The van der Waals surface area contributed by atoms with E-state index in [0.29, 0.717) is 5.56 Å². The lowest BCUT2D eigenvalue weighted by Gasteiger charge is -2.25. The van der Waals surface area contributed by atoms with E-state index in [1.165, 1.54) is 48.4 Å². The number of ketones is 1. The first kappa shape index (κ1) is 20.0. The van der Waals surface area contributed by atoms with E-state index >= 15 is 0 Å². The molecule has 3 rings (SSSR count). The zero-order chi connectivity index (χ0) is 21.1. The Kier molecular flexibility index (Phi) is 5.60. The van der Waals surface area contributed by atoms with Crippen LogP contribution in [0.15, 0.2) is 54.1 Å². The first-order valence-corrected chi connectivity index (χ1v) is 8.66. The van der Waals surface area contributed by atoms with Crippen molar-refractivity contribution in [3.63, 3.8) is 0 Å². The Morgan fingerprint density at radius 3 is 2.48 bits per heavy atom. The molecule has 1 aliphatic heterocycles. The number of aliphatic hydroxyl groups is 1. The minimum absolute atomic E-state index is 0.0600. The van der Waals surface area contributed by atoms with E-state index in [1.54, 1.807) is 12.1 Å². The van der Waals surface area contributed by atoms with Crippen molar-refractivity contribution in [3.05, 3.63) is 75.3 Å². The number of ether oxygens (including phenoxy) is 1. The highest BCUT2D eigenvalue weighted by atomic mass is 16.6. The fourth-order valence-corrected chi connectivity index (χ4v) is 3.24. The van der Waals surface area contributed by atoms with Crippen molar-refractivity contribution in [3.8, 4) is 5.75 Å². The van der Waals surface area contributed by atoms with Gasteiger partial charge in [0, 0.05) is 31.4 Å². The second-order valence-corrected chi connectivity index (χ2v) is 6.38. The number of aromatic hydroxyl groups is 1. The maximum atomic E-state index is 12.7. The molecule has 1 saturated heterocycles. The Morgan fingerprint density at radius 2 is 1.90 bits per heavy atom. The number of hydrogen-bond donors (Lipinski definition) is 2. The number of Topliss-reactive ketones (excluding diaryl/α,β-unsaturated/α-hetero) is 1. The minimum Gasteiger partial charge on any atom is -0.508 e. The smallest absolute Gasteiger partial charge is 0.295 e. The Labute approximate surface area is 165 Å². The molecule has 1 unspecified atom stereocenters. The summed E-state index contributed by atoms with van der Waals surface area (Å²) in [4.78, 5) is 36.8. The van der Waals surface area contributed by atoms with Gasteiger partial charge in [-0.3, -0.25) is 19.7 Å². The number of likely N-dealkylation sites (tertiary alicyclic amines) is 1. The maximum absolute atomic E-state index is 12.7. The van der Waals surface area contributed by atoms with Gasteiger partial charge < -0.3 is 19.8 Å². The van der Waals surface area contributed by atoms with E-state index in [-0.39, 0.29) is 35.7 Å². The van der Waals surface area contributed by atoms with E-state index in [0.717, 1.165) is 0 Å². The summed E-state index contributed by atoms with van der Waals surface area (Å²) in [6.45, 7) is 0.262. The molecule has 150 valence electrons. The number of nitro groups is 1. The Morgan fingerprint density at radius 1 is 1.21 bits per heavy atom. The van der Waals surface area contributed by atoms with Crippen molar-refractivity contribution in [2.45, 2.75) is 6.04 Å². The lowest BCUT2D eigenvalue weighted by atomic mass is 9.95. The minimum atomic E-state index is -0.938. The summed E-state index contributed by atoms with van der Waals surface area (Å²) in [5.41, 5.74) is 0.256. The van der Waals surface area contributed by atoms with Crippen LogP contribution in [-0.4, -0.2) is 52.0 Å². The summed E-state index contributed by atoms with van der Waals surface area (Å²) >= 11 is 0. The average molecular weight is 398 g/mol. The van der Waals surface area contributed by atoms with Gasteiger partial charge in [-0.25, -0.2) is 0 Å². The zero-order valence-electron chi connectivity index (χ0n) is 15.4. The van der Waals surface area contributed by atoms with Gasteiger partial charge in [0.05, 0.1) is 23.1 Å². The van der Waals surface area contributed by atoms with Crippen molar-refractivity contribution in [2.24, 2.45) is 0 Å². The fraction of sp³-hybridized carbons (Fsp3) is 0.200. The molecular weight excluding hydrogens is 380 g/mol. The normalized spacial score (nSPS) is 18.2. The molecule has 9 nitrogen and oxygen atoms in total. The molecule has 0 radical (unpaired) electrons. The van der Waals surface area contributed by atoms with Gasteiger partial charge in [-0.05, 0) is 29.8 Å². The van der Waals surface area contributed by atoms with Gasteiger partial charge >= 0.3 is 0 Å². The lowest BCUT2D eigenvalue weighted by molar-refractivity contribution is -0.384. The van der Waals surface area contributed by atoms with Crippen LogP contribution in [0.3, 0.4) is 0 Å². The van der Waals surface area contributed by atoms with Gasteiger partial charge in [-0.2, -0.15) is 0 Å². The maximum Gasteiger partial charge on any atom is 0.295 e. The highest BCUT2D eigenvalue weighted by Crippen LogP contribution is 2.40. The number of nitrogens with zero attached hydrogens (tertiary/aromatic N) is 2. The van der Waals surface area contributed by atoms with Crippen LogP contribution in [-0.2, 0) is 14.3 Å². The number of phenols is 1. The molecule has 0 aliphatic carbocycles. The predicted octanol–water partition coefficient (Wildman–Crippen LogP) is 2.37. The van der Waals surface area contributed by atoms with Crippen LogP contribution in [0.5, 0.6) is 5.75 Å². The predicted molar refractivity (Wildman–Crippen MR) is 102 cm³/mol. The Balaban J connectivity index is 2.14. The number of carbonyl (C=O) groups excluding carboxylic acids is 2. The molecule has 1 heterocycles. The third-order valence-corrected chi connectivity index (χ3v) is 4.61. The van der Waals surface area contributed by atoms with Crippen LogP contribution >= 0.6 is 0 Å². The highest BCUT2D eigenvalue weighted by molar-refractivity contribution is 6.46. The number of methoxy groups -OCH3 is 1. The quantitative estimate of drug-likeness (QED) is 0.251. The second-order valence-electron chi connectivity index (χ2n) is 6.38. The summed E-state index contributed by atoms with van der Waals surface area (Å²) in [5.74, 6) is -2.20. The number of nitro benzene ring substituents is 1. The number of benzene rings is 2. The van der Waals surface area contributed by atoms with Gasteiger partial charge in [-0.15, -0.1) is 0 Å². The first-order valence-electron chi connectivity index (χ1n) is 8.66. The molecule has 2 N–H and O–H groups in total. The standard InChI is InChI=1S/C20H18N2O7/c1-29-10-9-21-17(13-3-2-4-15(23)11-13)16(19(25)20(21)26)18(24)12-5-7-14(8-6-12)22(27)28/h2-8,11,17,23-24H,9-10H2,1H3/b18-16-. The lowest BCUT2D eigenvalue weighted by Crippen LogP contribution is -2.32. The zero-order valence-corrected chi connectivity index (χ0v) is 15.4. The summed E-state index contributed by atoms with van der Waals surface area (Å²) in [5, 5.41) is 31.5. The van der Waals surface area contributed by atoms with Gasteiger partial charge in [0.15, 0.2) is 0 Å². The monoisotopic (exact) mass is 398 g/mol. The summed E-state index contributed by atoms with van der Waals surface area (Å²) in [7, 11) is 1.46. The van der Waals surface area contributed by atoms with Crippen molar-refractivity contribution in [1.82, 2.24) is 4.90 Å². The van der Waals surface area contributed by atoms with Crippen LogP contribution in [0.25, 0.3) is 5.76 Å². The SMILES string of the molecule is COCCN1C(=O)C(=O)/C(=C(\O)c2ccc([N+](=O)[O-])cc2)C1c1cccc(O)c1. The number of hydrogen-bond acceptors (Lipinski definition) is 7. The first-order chi connectivity index (χ1) is 13.8. The number of rotatable bonds is 6. The van der Waals surface area contributed by atoms with Crippen LogP contribution < -0.4 is 0 Å². The molecule has 0 spiro atoms. The summed E-state index contributed by atoms with van der Waals surface area (Å²) < 4.78 is 5.01. The molecule has 29 heavy (non-hydrogen) atoms. The average Bonchev–Trinajstić information content (AvgIpc) is 2.96. The number of non-ortho nitro benzene ring substituents is 1. The molecule has 0 saturated carbocycles. The second kappa shape index (κ2) is 8.11. The van der Waals surface area contributed by atoms with E-state index in [9.17, 15) is 29.9 Å². The van der Waals surface area contributed by atoms with E-state index < -0.39 is 28.4 Å². The molecule has 0 bridgehead atoms. The van der Waals surface area contributed by atoms with E-state index in [4.69, 9.17) is 4.74 Å². The molecule has 2 aromatic carbocycles. The van der Waals surface area contributed by atoms with Crippen molar-refractivity contribution < 1.29 is 29.5 Å². The molecule has 1 amide bonds. The van der Waals surface area contributed by atoms with Crippen LogP contribution in [0.1, 0.15) is 17.2 Å². The molecule has 2 aromatic rings. The van der Waals surface area contributed by atoms with Crippen LogP contribution in [0, 0.1) is 10.1 Å². The molecular formula is C20H18N2O7. The fourth-order valence-electron chi connectivity index (χ4n) is 3.24. The van der Waals surface area contributed by atoms with Gasteiger partial charge in [0.2, 0.25) is 0 Å². The summed E-state index contributed by atoms with van der Waals surface area (Å²) in [6, 6.07) is 10.1. The van der Waals surface area contributed by atoms with Crippen molar-refractivity contribution in [2.75, 3.05) is 20.3 Å². The molecule has 1 fully saturated rings. The van der Waals surface area contributed by atoms with Crippen LogP contribution in [0.2, 0.25) is 0 Å². The number of amides is 1. The Hall–Kier alpha value is -3.72. The third kappa shape index (κ3) is 3.81. The number of phenolic OH excluding ortho intramolecular Hbond substituents is 1. The molecule has 1 atom stereocenters. The van der Waals surface area contributed by atoms with Gasteiger partial charge in [0.25, 0.3) is 17.4 Å². The van der Waals surface area contributed by atoms with Gasteiger partial charge in [-0.1, -0.05) is 12.1 Å². The van der Waals surface area contributed by atoms with E-state index in [1.807, 2.05) is 0 Å². The van der Waals surface area contributed by atoms with Crippen LogP contribution in [0.4, 0.5) is 5.69 Å². The molecule has 9 heteroatoms. The number of aliphatic hydroxyl groups excluding tert-OH is 1. The highest BCUT2D eigenvalue weighted by Gasteiger charge is 2.45. The van der Waals surface area contributed by atoms with E-state index in [2.05, 4.69) is 0 Å². The largest absolute Gasteiger partial charge is 0.508 e. The molecule has 1 aliphatic rings. The third-order valence-electron chi connectivity index (χ3n) is 4.61. The Bertz CT molecular complexity index is 998. The van der Waals surface area contributed by atoms with Crippen molar-refractivity contribution in [1.29, 1.82) is 0 Å². The van der Waals surface area contributed by atoms with Gasteiger partial charge in [0.1, 0.15) is 11.5 Å². The number of carbonyl (C=O) groups is 2. The van der Waals surface area contributed by atoms with Crippen molar-refractivity contribution >= 4 is 23.1 Å². The molecule has 0 aromatic heterocycles. The topological polar surface area (TPSA) is 130 Å².